The molecule has 3 rings (SSSR count). The van der Waals surface area contributed by atoms with Crippen LogP contribution in [-0.4, -0.2) is 23.5 Å². The highest BCUT2D eigenvalue weighted by atomic mass is 32.1. The zero-order valence-corrected chi connectivity index (χ0v) is 15.7. The van der Waals surface area contributed by atoms with Gasteiger partial charge in [-0.3, -0.25) is 4.79 Å². The summed E-state index contributed by atoms with van der Waals surface area (Å²) in [6.07, 6.45) is 6.79. The minimum atomic E-state index is -0.989. The summed E-state index contributed by atoms with van der Waals surface area (Å²) in [6, 6.07) is 11.5. The highest BCUT2D eigenvalue weighted by Gasteiger charge is 2.24. The molecule has 1 heterocycles. The van der Waals surface area contributed by atoms with Gasteiger partial charge < -0.3 is 10.0 Å². The number of aromatic carboxylic acids is 1. The molecule has 1 N–H and O–H groups in total. The van der Waals surface area contributed by atoms with E-state index in [0.717, 1.165) is 29.7 Å². The van der Waals surface area contributed by atoms with Gasteiger partial charge in [-0.25, -0.2) is 4.79 Å². The minimum Gasteiger partial charge on any atom is -0.477 e. The molecule has 0 unspecified atom stereocenters. The number of nitrogens with zero attached hydrogens (tertiary/aromatic N) is 1. The Labute approximate surface area is 157 Å². The average Bonchev–Trinajstić information content (AvgIpc) is 3.31. The van der Waals surface area contributed by atoms with E-state index in [-0.39, 0.29) is 10.8 Å². The number of carbonyl (C=O) groups is 2. The Bertz CT molecular complexity index is 823. The predicted molar refractivity (Wildman–Crippen MR) is 106 cm³/mol. The summed E-state index contributed by atoms with van der Waals surface area (Å²) in [5.41, 5.74) is 2.82. The average molecular weight is 369 g/mol. The Morgan fingerprint density at radius 3 is 2.62 bits per heavy atom. The largest absolute Gasteiger partial charge is 0.477 e. The van der Waals surface area contributed by atoms with E-state index in [2.05, 4.69) is 6.08 Å². The topological polar surface area (TPSA) is 57.6 Å². The normalized spacial score (nSPS) is 13.5. The Kier molecular flexibility index (Phi) is 5.89. The molecule has 0 bridgehead atoms. The Hall–Kier alpha value is -2.40. The number of anilines is 1. The van der Waals surface area contributed by atoms with Crippen LogP contribution in [-0.2, 0) is 4.79 Å². The lowest BCUT2D eigenvalue weighted by molar-refractivity contribution is -0.118. The van der Waals surface area contributed by atoms with E-state index in [1.165, 1.54) is 23.3 Å². The van der Waals surface area contributed by atoms with Crippen molar-refractivity contribution in [1.82, 2.24) is 0 Å². The van der Waals surface area contributed by atoms with Crippen LogP contribution in [0.2, 0.25) is 0 Å². The first kappa shape index (κ1) is 18.4. The van der Waals surface area contributed by atoms with Crippen molar-refractivity contribution in [3.63, 3.8) is 0 Å². The van der Waals surface area contributed by atoms with Crippen molar-refractivity contribution >= 4 is 28.9 Å². The number of carbonyl (C=O) groups excluding carboxylic acids is 1. The van der Waals surface area contributed by atoms with Gasteiger partial charge in [0.05, 0.1) is 5.69 Å². The van der Waals surface area contributed by atoms with E-state index < -0.39 is 5.97 Å². The van der Waals surface area contributed by atoms with Gasteiger partial charge in [0.15, 0.2) is 0 Å². The van der Waals surface area contributed by atoms with Crippen molar-refractivity contribution in [3.05, 3.63) is 52.9 Å². The molecule has 2 aromatic rings. The second-order valence-corrected chi connectivity index (χ2v) is 7.44. The van der Waals surface area contributed by atoms with Gasteiger partial charge >= 0.3 is 5.97 Å². The maximum Gasteiger partial charge on any atom is 0.348 e. The molecule has 0 fully saturated rings. The van der Waals surface area contributed by atoms with Gasteiger partial charge in [0, 0.05) is 17.8 Å². The molecule has 136 valence electrons. The van der Waals surface area contributed by atoms with Crippen LogP contribution < -0.4 is 4.90 Å². The molecule has 1 aliphatic rings. The number of carboxylic acids is 1. The number of hydrogen-bond acceptors (Lipinski definition) is 3. The van der Waals surface area contributed by atoms with Crippen LogP contribution in [0.25, 0.3) is 10.4 Å². The fourth-order valence-corrected chi connectivity index (χ4v) is 4.33. The van der Waals surface area contributed by atoms with Crippen molar-refractivity contribution < 1.29 is 14.7 Å². The van der Waals surface area contributed by atoms with Crippen LogP contribution in [0.4, 0.5) is 5.69 Å². The quantitative estimate of drug-likeness (QED) is 0.669. The first-order valence-electron chi connectivity index (χ1n) is 9.01. The van der Waals surface area contributed by atoms with Gasteiger partial charge in [0.1, 0.15) is 4.88 Å². The first-order chi connectivity index (χ1) is 12.6. The fourth-order valence-electron chi connectivity index (χ4n) is 3.33. The summed E-state index contributed by atoms with van der Waals surface area (Å²) < 4.78 is 0. The zero-order valence-electron chi connectivity index (χ0n) is 14.9. The number of thiophene rings is 1. The van der Waals surface area contributed by atoms with E-state index in [9.17, 15) is 14.7 Å². The summed E-state index contributed by atoms with van der Waals surface area (Å²) in [5, 5.41) is 9.62. The predicted octanol–water partition coefficient (Wildman–Crippen LogP) is 5.36. The Morgan fingerprint density at radius 1 is 1.23 bits per heavy atom. The molecular weight excluding hydrogens is 346 g/mol. The number of hydrogen-bond donors (Lipinski definition) is 1. The molecule has 0 aliphatic heterocycles. The minimum absolute atomic E-state index is 0.0137. The smallest absolute Gasteiger partial charge is 0.348 e. The summed E-state index contributed by atoms with van der Waals surface area (Å²) in [6.45, 7) is 2.35. The third kappa shape index (κ3) is 4.05. The molecule has 26 heavy (non-hydrogen) atoms. The van der Waals surface area contributed by atoms with E-state index in [4.69, 9.17) is 0 Å². The second-order valence-electron chi connectivity index (χ2n) is 6.39. The van der Waals surface area contributed by atoms with Crippen molar-refractivity contribution in [1.29, 1.82) is 0 Å². The van der Waals surface area contributed by atoms with Gasteiger partial charge in [0.25, 0.3) is 0 Å². The molecule has 1 aromatic heterocycles. The van der Waals surface area contributed by atoms with Gasteiger partial charge in [0.2, 0.25) is 5.91 Å². The van der Waals surface area contributed by atoms with E-state index >= 15 is 0 Å². The molecule has 0 saturated carbocycles. The van der Waals surface area contributed by atoms with Gasteiger partial charge in [-0.15, -0.1) is 11.3 Å². The molecule has 5 heteroatoms. The van der Waals surface area contributed by atoms with E-state index in [1.54, 1.807) is 4.90 Å². The fraction of sp³-hybridized carbons (Fsp3) is 0.333. The van der Waals surface area contributed by atoms with E-state index in [0.29, 0.717) is 18.7 Å². The maximum absolute atomic E-state index is 12.8. The maximum atomic E-state index is 12.8. The van der Waals surface area contributed by atoms with Crippen LogP contribution in [0.15, 0.2) is 48.0 Å². The number of benzene rings is 1. The summed E-state index contributed by atoms with van der Waals surface area (Å²) in [4.78, 5) is 27.2. The number of rotatable bonds is 7. The van der Waals surface area contributed by atoms with Crippen LogP contribution in [0.5, 0.6) is 0 Å². The van der Waals surface area contributed by atoms with Gasteiger partial charge in [-0.1, -0.05) is 42.0 Å². The number of amides is 1. The molecule has 1 aliphatic carbocycles. The Morgan fingerprint density at radius 2 is 2.00 bits per heavy atom. The van der Waals surface area contributed by atoms with Crippen molar-refractivity contribution in [2.24, 2.45) is 0 Å². The SMILES string of the molecule is CCN(C(=O)CCC1=CCCC1)c1cc(-c2ccccc2)sc1C(=O)O. The number of carboxylic acid groups (broad SMARTS) is 1. The van der Waals surface area contributed by atoms with Gasteiger partial charge in [-0.2, -0.15) is 0 Å². The first-order valence-corrected chi connectivity index (χ1v) is 9.82. The molecule has 1 aromatic carbocycles. The third-order valence-corrected chi connectivity index (χ3v) is 5.83. The highest BCUT2D eigenvalue weighted by Crippen LogP contribution is 2.37. The molecule has 0 saturated heterocycles. The number of allylic oxidation sites excluding steroid dienone is 2. The molecule has 1 amide bonds. The monoisotopic (exact) mass is 369 g/mol. The lowest BCUT2D eigenvalue weighted by Gasteiger charge is -2.20. The summed E-state index contributed by atoms with van der Waals surface area (Å²) >= 11 is 1.22. The van der Waals surface area contributed by atoms with Crippen LogP contribution in [0.3, 0.4) is 0 Å². The van der Waals surface area contributed by atoms with Gasteiger partial charge in [-0.05, 0) is 44.2 Å². The van der Waals surface area contributed by atoms with Crippen molar-refractivity contribution in [2.75, 3.05) is 11.4 Å². The van der Waals surface area contributed by atoms with E-state index in [1.807, 2.05) is 43.3 Å². The lowest BCUT2D eigenvalue weighted by Crippen LogP contribution is -2.31. The van der Waals surface area contributed by atoms with Crippen LogP contribution in [0, 0.1) is 0 Å². The van der Waals surface area contributed by atoms with Crippen LogP contribution in [0.1, 0.15) is 48.7 Å². The third-order valence-electron chi connectivity index (χ3n) is 4.67. The molecule has 0 atom stereocenters. The Balaban J connectivity index is 1.85. The zero-order chi connectivity index (χ0) is 18.5. The second kappa shape index (κ2) is 8.32. The standard InChI is InChI=1S/C21H23NO3S/c1-2-22(19(23)13-12-15-8-6-7-9-15)17-14-18(26-20(17)21(24)25)16-10-4-3-5-11-16/h3-5,8,10-11,14H,2,6-7,9,12-13H2,1H3,(H,24,25). The summed E-state index contributed by atoms with van der Waals surface area (Å²) in [5.74, 6) is -1.00. The molecule has 0 spiro atoms. The van der Waals surface area contributed by atoms with Crippen molar-refractivity contribution in [2.45, 2.75) is 39.0 Å². The molecule has 0 radical (unpaired) electrons. The lowest BCUT2D eigenvalue weighted by atomic mass is 10.1. The van der Waals surface area contributed by atoms with Crippen LogP contribution >= 0.6 is 11.3 Å². The summed E-state index contributed by atoms with van der Waals surface area (Å²) in [7, 11) is 0. The van der Waals surface area contributed by atoms with Crippen molar-refractivity contribution in [3.8, 4) is 10.4 Å². The highest BCUT2D eigenvalue weighted by molar-refractivity contribution is 7.18. The molecule has 4 nitrogen and oxygen atoms in total. The molecular formula is C21H23NO3S.